The fraction of sp³-hybridized carbons (Fsp3) is 0.500. The van der Waals surface area contributed by atoms with E-state index in [-0.39, 0.29) is 11.9 Å². The summed E-state index contributed by atoms with van der Waals surface area (Å²) in [6.07, 6.45) is 3.61. The maximum absolute atomic E-state index is 12.6. The predicted octanol–water partition coefficient (Wildman–Crippen LogP) is 1.86. The van der Waals surface area contributed by atoms with Crippen molar-refractivity contribution in [2.75, 3.05) is 19.6 Å². The zero-order valence-corrected chi connectivity index (χ0v) is 14.2. The highest BCUT2D eigenvalue weighted by atomic mass is 16.2. The van der Waals surface area contributed by atoms with Gasteiger partial charge in [-0.15, -0.1) is 0 Å². The number of aromatic amines is 1. The lowest BCUT2D eigenvalue weighted by molar-refractivity contribution is -0.133. The Balaban J connectivity index is 1.53. The molecule has 6 nitrogen and oxygen atoms in total. The first-order chi connectivity index (χ1) is 11.7. The van der Waals surface area contributed by atoms with Gasteiger partial charge in [-0.05, 0) is 18.9 Å². The molecule has 1 aromatic carbocycles. The number of amides is 1. The van der Waals surface area contributed by atoms with Gasteiger partial charge in [0.15, 0.2) is 0 Å². The third-order valence-corrected chi connectivity index (χ3v) is 4.54. The van der Waals surface area contributed by atoms with Gasteiger partial charge in [0.05, 0.1) is 0 Å². The Bertz CT molecular complexity index is 628. The van der Waals surface area contributed by atoms with Crippen molar-refractivity contribution in [3.8, 4) is 0 Å². The Morgan fingerprint density at radius 3 is 2.88 bits per heavy atom. The van der Waals surface area contributed by atoms with Gasteiger partial charge in [0.25, 0.3) is 0 Å². The van der Waals surface area contributed by atoms with Gasteiger partial charge in [0, 0.05) is 45.1 Å². The highest BCUT2D eigenvalue weighted by Gasteiger charge is 2.25. The van der Waals surface area contributed by atoms with Crippen LogP contribution in [0, 0.1) is 0 Å². The Labute approximate surface area is 142 Å². The second kappa shape index (κ2) is 8.06. The minimum atomic E-state index is 0.209. The fourth-order valence-electron chi connectivity index (χ4n) is 3.32. The van der Waals surface area contributed by atoms with E-state index in [0.29, 0.717) is 12.8 Å². The van der Waals surface area contributed by atoms with Crippen molar-refractivity contribution >= 4 is 5.91 Å². The molecular formula is C18H25N5O. The summed E-state index contributed by atoms with van der Waals surface area (Å²) in [6.45, 7) is 5.89. The number of H-pyrrole nitrogens is 1. The van der Waals surface area contributed by atoms with Crippen LogP contribution in [0.5, 0.6) is 0 Å². The van der Waals surface area contributed by atoms with Crippen molar-refractivity contribution < 1.29 is 4.79 Å². The van der Waals surface area contributed by atoms with Gasteiger partial charge in [-0.3, -0.25) is 14.8 Å². The lowest BCUT2D eigenvalue weighted by Crippen LogP contribution is -2.42. The summed E-state index contributed by atoms with van der Waals surface area (Å²) in [5, 5.41) is 6.64. The molecule has 1 fully saturated rings. The molecule has 1 amide bonds. The third kappa shape index (κ3) is 4.41. The SMILES string of the molecule is CC1CN(Cc2ccccc2)CCCN1C(=O)CCc1ncn[nH]1. The van der Waals surface area contributed by atoms with Crippen LogP contribution in [-0.4, -0.2) is 56.6 Å². The normalized spacial score (nSPS) is 19.2. The summed E-state index contributed by atoms with van der Waals surface area (Å²) in [5.41, 5.74) is 1.33. The van der Waals surface area contributed by atoms with Gasteiger partial charge >= 0.3 is 0 Å². The van der Waals surface area contributed by atoms with E-state index in [9.17, 15) is 4.79 Å². The summed E-state index contributed by atoms with van der Waals surface area (Å²) in [7, 11) is 0. The summed E-state index contributed by atoms with van der Waals surface area (Å²) >= 11 is 0. The number of hydrogen-bond acceptors (Lipinski definition) is 4. The largest absolute Gasteiger partial charge is 0.339 e. The molecule has 1 aromatic heterocycles. The van der Waals surface area contributed by atoms with Crippen LogP contribution < -0.4 is 0 Å². The minimum absolute atomic E-state index is 0.209. The zero-order chi connectivity index (χ0) is 16.8. The Morgan fingerprint density at radius 2 is 2.12 bits per heavy atom. The second-order valence-corrected chi connectivity index (χ2v) is 6.44. The van der Waals surface area contributed by atoms with Gasteiger partial charge in [-0.1, -0.05) is 30.3 Å². The lowest BCUT2D eigenvalue weighted by atomic mass is 10.2. The summed E-state index contributed by atoms with van der Waals surface area (Å²) in [4.78, 5) is 21.1. The van der Waals surface area contributed by atoms with Crippen LogP contribution in [0.15, 0.2) is 36.7 Å². The maximum Gasteiger partial charge on any atom is 0.223 e. The zero-order valence-electron chi connectivity index (χ0n) is 14.2. The molecule has 0 radical (unpaired) electrons. The molecule has 1 atom stereocenters. The standard InChI is InChI=1S/C18H25N5O/c1-15-12-22(13-16-6-3-2-4-7-16)10-5-11-23(15)18(24)9-8-17-19-14-20-21-17/h2-4,6-7,14-15H,5,8-13H2,1H3,(H,19,20,21). The number of carbonyl (C=O) groups is 1. The molecular weight excluding hydrogens is 302 g/mol. The summed E-state index contributed by atoms with van der Waals surface area (Å²) < 4.78 is 0. The van der Waals surface area contributed by atoms with E-state index in [1.165, 1.54) is 11.9 Å². The number of rotatable bonds is 5. The Hall–Kier alpha value is -2.21. The van der Waals surface area contributed by atoms with Crippen molar-refractivity contribution in [3.63, 3.8) is 0 Å². The molecule has 128 valence electrons. The smallest absolute Gasteiger partial charge is 0.223 e. The molecule has 1 unspecified atom stereocenters. The van der Waals surface area contributed by atoms with Gasteiger partial charge in [0.1, 0.15) is 12.2 Å². The second-order valence-electron chi connectivity index (χ2n) is 6.44. The first kappa shape index (κ1) is 16.6. The van der Waals surface area contributed by atoms with Gasteiger partial charge in [-0.2, -0.15) is 5.10 Å². The predicted molar refractivity (Wildman–Crippen MR) is 92.2 cm³/mol. The van der Waals surface area contributed by atoms with Gasteiger partial charge in [0.2, 0.25) is 5.91 Å². The number of aryl methyl sites for hydroxylation is 1. The van der Waals surface area contributed by atoms with Crippen LogP contribution in [0.4, 0.5) is 0 Å². The molecule has 0 aliphatic carbocycles. The maximum atomic E-state index is 12.6. The van der Waals surface area contributed by atoms with E-state index in [0.717, 1.165) is 38.4 Å². The monoisotopic (exact) mass is 327 g/mol. The first-order valence-electron chi connectivity index (χ1n) is 8.62. The average Bonchev–Trinajstić information content (AvgIpc) is 3.04. The van der Waals surface area contributed by atoms with Crippen LogP contribution in [0.3, 0.4) is 0 Å². The molecule has 1 saturated heterocycles. The molecule has 6 heteroatoms. The number of carbonyl (C=O) groups excluding carboxylic acids is 1. The Morgan fingerprint density at radius 1 is 1.29 bits per heavy atom. The topological polar surface area (TPSA) is 65.1 Å². The van der Waals surface area contributed by atoms with Crippen molar-refractivity contribution in [3.05, 3.63) is 48.0 Å². The Kier molecular flexibility index (Phi) is 5.59. The molecule has 1 aliphatic heterocycles. The van der Waals surface area contributed by atoms with E-state index in [2.05, 4.69) is 51.3 Å². The van der Waals surface area contributed by atoms with Crippen LogP contribution in [0.1, 0.15) is 31.2 Å². The molecule has 0 saturated carbocycles. The van der Waals surface area contributed by atoms with E-state index in [1.807, 2.05) is 11.0 Å². The highest BCUT2D eigenvalue weighted by molar-refractivity contribution is 5.76. The highest BCUT2D eigenvalue weighted by Crippen LogP contribution is 2.14. The van der Waals surface area contributed by atoms with Crippen LogP contribution in [0.25, 0.3) is 0 Å². The third-order valence-electron chi connectivity index (χ3n) is 4.54. The first-order valence-corrected chi connectivity index (χ1v) is 8.62. The average molecular weight is 327 g/mol. The molecule has 1 N–H and O–H groups in total. The molecule has 0 spiro atoms. The van der Waals surface area contributed by atoms with E-state index in [4.69, 9.17) is 0 Å². The van der Waals surface area contributed by atoms with Crippen LogP contribution >= 0.6 is 0 Å². The molecule has 2 heterocycles. The molecule has 2 aromatic rings. The molecule has 3 rings (SSSR count). The molecule has 24 heavy (non-hydrogen) atoms. The minimum Gasteiger partial charge on any atom is -0.339 e. The van der Waals surface area contributed by atoms with Gasteiger partial charge in [-0.25, -0.2) is 4.98 Å². The van der Waals surface area contributed by atoms with E-state index in [1.54, 1.807) is 0 Å². The number of benzene rings is 1. The molecule has 0 bridgehead atoms. The van der Waals surface area contributed by atoms with Crippen molar-refractivity contribution in [2.24, 2.45) is 0 Å². The van der Waals surface area contributed by atoms with E-state index >= 15 is 0 Å². The van der Waals surface area contributed by atoms with Gasteiger partial charge < -0.3 is 4.90 Å². The molecule has 1 aliphatic rings. The quantitative estimate of drug-likeness (QED) is 0.910. The van der Waals surface area contributed by atoms with Crippen LogP contribution in [-0.2, 0) is 17.8 Å². The fourth-order valence-corrected chi connectivity index (χ4v) is 3.32. The van der Waals surface area contributed by atoms with E-state index < -0.39 is 0 Å². The number of nitrogens with one attached hydrogen (secondary N) is 1. The number of hydrogen-bond donors (Lipinski definition) is 1. The number of aromatic nitrogens is 3. The number of nitrogens with zero attached hydrogens (tertiary/aromatic N) is 4. The lowest BCUT2D eigenvalue weighted by Gasteiger charge is -2.29. The van der Waals surface area contributed by atoms with Crippen molar-refractivity contribution in [1.29, 1.82) is 0 Å². The van der Waals surface area contributed by atoms with Crippen molar-refractivity contribution in [2.45, 2.75) is 38.8 Å². The van der Waals surface area contributed by atoms with Crippen LogP contribution in [0.2, 0.25) is 0 Å². The summed E-state index contributed by atoms with van der Waals surface area (Å²) in [5.74, 6) is 0.983. The van der Waals surface area contributed by atoms with Crippen molar-refractivity contribution in [1.82, 2.24) is 25.0 Å². The summed E-state index contributed by atoms with van der Waals surface area (Å²) in [6, 6.07) is 10.8.